The van der Waals surface area contributed by atoms with E-state index in [4.69, 9.17) is 0 Å². The highest BCUT2D eigenvalue weighted by Crippen LogP contribution is 2.33. The summed E-state index contributed by atoms with van der Waals surface area (Å²) in [5.74, 6) is -0.936. The molecule has 0 radical (unpaired) electrons. The molecule has 96 valence electrons. The topological polar surface area (TPSA) is 40.9 Å². The van der Waals surface area contributed by atoms with Crippen molar-refractivity contribution in [1.82, 2.24) is 0 Å². The predicted octanol–water partition coefficient (Wildman–Crippen LogP) is 5.07. The number of hydrogen-bond acceptors (Lipinski definition) is 3. The van der Waals surface area contributed by atoms with Gasteiger partial charge in [-0.1, -0.05) is 34.1 Å². The van der Waals surface area contributed by atoms with Gasteiger partial charge in [-0.3, -0.25) is 4.79 Å². The zero-order chi connectivity index (χ0) is 14.0. The van der Waals surface area contributed by atoms with Gasteiger partial charge in [-0.05, 0) is 46.1 Å². The van der Waals surface area contributed by atoms with Crippen LogP contribution in [0.5, 0.6) is 0 Å². The molecular weight excluding hydrogens is 390 g/mol. The van der Waals surface area contributed by atoms with E-state index >= 15 is 0 Å². The Hall–Kier alpha value is -0.960. The molecule has 0 amide bonds. The minimum Gasteiger partial charge on any atom is -0.291 e. The molecule has 2 nitrogen and oxygen atoms in total. The minimum absolute atomic E-state index is 0.159. The lowest BCUT2D eigenvalue weighted by atomic mass is 9.95. The number of benzene rings is 1. The molecule has 0 bridgehead atoms. The van der Waals surface area contributed by atoms with Crippen LogP contribution < -0.4 is 0 Å². The van der Waals surface area contributed by atoms with E-state index in [2.05, 4.69) is 37.9 Å². The van der Waals surface area contributed by atoms with E-state index in [9.17, 15) is 10.1 Å². The first-order chi connectivity index (χ1) is 9.04. The van der Waals surface area contributed by atoms with Gasteiger partial charge in [-0.15, -0.1) is 11.3 Å². The fourth-order valence-electron chi connectivity index (χ4n) is 1.70. The maximum atomic E-state index is 12.4. The molecule has 1 unspecified atom stereocenters. The first kappa shape index (κ1) is 14.4. The summed E-state index contributed by atoms with van der Waals surface area (Å²) >= 11 is 8.16. The van der Waals surface area contributed by atoms with Crippen LogP contribution >= 0.6 is 43.2 Å². The maximum Gasteiger partial charge on any atom is 0.194 e. The third kappa shape index (κ3) is 2.97. The number of carbonyl (C=O) groups excluding carboxylic acids is 1. The maximum absolute atomic E-state index is 12.4. The van der Waals surface area contributed by atoms with Crippen LogP contribution in [-0.2, 0) is 0 Å². The molecule has 0 aliphatic carbocycles. The van der Waals surface area contributed by atoms with Crippen molar-refractivity contribution in [2.24, 2.45) is 0 Å². The lowest BCUT2D eigenvalue weighted by Crippen LogP contribution is -2.10. The normalized spacial score (nSPS) is 11.9. The highest BCUT2D eigenvalue weighted by atomic mass is 79.9. The number of nitrogens with zero attached hydrogens (tertiary/aromatic N) is 1. The van der Waals surface area contributed by atoms with E-state index in [0.717, 1.165) is 13.8 Å². The largest absolute Gasteiger partial charge is 0.291 e. The SMILES string of the molecule is Cc1cc(C(=O)C(C#N)c2ccccc2Br)sc1Br. The third-order valence-electron chi connectivity index (χ3n) is 2.71. The zero-order valence-electron chi connectivity index (χ0n) is 9.98. The van der Waals surface area contributed by atoms with E-state index in [0.29, 0.717) is 10.4 Å². The molecule has 1 aromatic heterocycles. The van der Waals surface area contributed by atoms with Crippen LogP contribution in [-0.4, -0.2) is 5.78 Å². The molecule has 2 rings (SSSR count). The number of rotatable bonds is 3. The molecule has 0 aliphatic heterocycles. The molecule has 1 atom stereocenters. The molecule has 5 heteroatoms. The van der Waals surface area contributed by atoms with E-state index < -0.39 is 5.92 Å². The predicted molar refractivity (Wildman–Crippen MR) is 83.6 cm³/mol. The summed E-state index contributed by atoms with van der Waals surface area (Å²) in [6.45, 7) is 1.93. The van der Waals surface area contributed by atoms with Crippen molar-refractivity contribution in [3.8, 4) is 6.07 Å². The average Bonchev–Trinajstić information content (AvgIpc) is 2.73. The number of halogens is 2. The summed E-state index contributed by atoms with van der Waals surface area (Å²) in [6, 6.07) is 11.2. The Labute approximate surface area is 132 Å². The van der Waals surface area contributed by atoms with E-state index in [1.807, 2.05) is 31.2 Å². The van der Waals surface area contributed by atoms with Gasteiger partial charge in [0.1, 0.15) is 5.92 Å². The van der Waals surface area contributed by atoms with Crippen LogP contribution in [0.25, 0.3) is 0 Å². The van der Waals surface area contributed by atoms with Crippen LogP contribution in [0.15, 0.2) is 38.6 Å². The van der Waals surface area contributed by atoms with Gasteiger partial charge in [0.2, 0.25) is 0 Å². The first-order valence-electron chi connectivity index (χ1n) is 5.48. The Kier molecular flexibility index (Phi) is 4.56. The molecule has 0 saturated heterocycles. The number of Topliss-reactive ketones (excluding diaryl/α,β-unsaturated/α-hetero) is 1. The van der Waals surface area contributed by atoms with Gasteiger partial charge in [-0.25, -0.2) is 0 Å². The van der Waals surface area contributed by atoms with Crippen molar-refractivity contribution in [2.45, 2.75) is 12.8 Å². The molecule has 0 spiro atoms. The van der Waals surface area contributed by atoms with Crippen LogP contribution in [0, 0.1) is 18.3 Å². The average molecular weight is 399 g/mol. The molecule has 2 aromatic rings. The van der Waals surface area contributed by atoms with Crippen molar-refractivity contribution in [2.75, 3.05) is 0 Å². The summed E-state index contributed by atoms with van der Waals surface area (Å²) in [6.07, 6.45) is 0. The zero-order valence-corrected chi connectivity index (χ0v) is 14.0. The highest BCUT2D eigenvalue weighted by Gasteiger charge is 2.25. The Bertz CT molecular complexity index is 653. The number of ketones is 1. The van der Waals surface area contributed by atoms with Crippen molar-refractivity contribution in [3.63, 3.8) is 0 Å². The van der Waals surface area contributed by atoms with E-state index in [1.165, 1.54) is 11.3 Å². The number of hydrogen-bond donors (Lipinski definition) is 0. The number of thiophene rings is 1. The summed E-state index contributed by atoms with van der Waals surface area (Å²) < 4.78 is 1.71. The fourth-order valence-corrected chi connectivity index (χ4v) is 3.72. The molecule has 1 heterocycles. The van der Waals surface area contributed by atoms with Gasteiger partial charge < -0.3 is 0 Å². The van der Waals surface area contributed by atoms with Gasteiger partial charge in [0.05, 0.1) is 14.7 Å². The number of nitriles is 1. The summed E-state index contributed by atoms with van der Waals surface area (Å²) in [4.78, 5) is 13.0. The lowest BCUT2D eigenvalue weighted by molar-refractivity contribution is 0.0982. The first-order valence-corrected chi connectivity index (χ1v) is 7.89. The smallest absolute Gasteiger partial charge is 0.194 e. The Morgan fingerprint density at radius 1 is 1.37 bits per heavy atom. The molecule has 0 N–H and O–H groups in total. The lowest BCUT2D eigenvalue weighted by Gasteiger charge is -2.09. The number of carbonyl (C=O) groups is 1. The van der Waals surface area contributed by atoms with Gasteiger partial charge in [0.15, 0.2) is 5.78 Å². The van der Waals surface area contributed by atoms with E-state index in [1.54, 1.807) is 6.07 Å². The molecular formula is C14H9Br2NOS. The second-order valence-corrected chi connectivity index (χ2v) is 7.24. The highest BCUT2D eigenvalue weighted by molar-refractivity contribution is 9.11. The molecule has 0 saturated carbocycles. The molecule has 0 aliphatic rings. The summed E-state index contributed by atoms with van der Waals surface area (Å²) in [5, 5.41) is 9.31. The van der Waals surface area contributed by atoms with Crippen LogP contribution in [0.4, 0.5) is 0 Å². The monoisotopic (exact) mass is 397 g/mol. The van der Waals surface area contributed by atoms with Gasteiger partial charge in [0.25, 0.3) is 0 Å². The number of aryl methyl sites for hydroxylation is 1. The van der Waals surface area contributed by atoms with Crippen LogP contribution in [0.1, 0.15) is 26.7 Å². The van der Waals surface area contributed by atoms with Gasteiger partial charge >= 0.3 is 0 Å². The van der Waals surface area contributed by atoms with Crippen molar-refractivity contribution in [3.05, 3.63) is 54.6 Å². The Morgan fingerprint density at radius 2 is 2.05 bits per heavy atom. The summed E-state index contributed by atoms with van der Waals surface area (Å²) in [5.41, 5.74) is 1.72. The Balaban J connectivity index is 2.41. The van der Waals surface area contributed by atoms with Crippen LogP contribution in [0.3, 0.4) is 0 Å². The molecule has 19 heavy (non-hydrogen) atoms. The molecule has 0 fully saturated rings. The van der Waals surface area contributed by atoms with E-state index in [-0.39, 0.29) is 5.78 Å². The second-order valence-electron chi connectivity index (χ2n) is 4.02. The Morgan fingerprint density at radius 3 is 2.58 bits per heavy atom. The molecule has 1 aromatic carbocycles. The standard InChI is InChI=1S/C14H9Br2NOS/c1-8-6-12(19-14(8)16)13(18)10(7-17)9-4-2-3-5-11(9)15/h2-6,10H,1H3. The summed E-state index contributed by atoms with van der Waals surface area (Å²) in [7, 11) is 0. The van der Waals surface area contributed by atoms with Gasteiger partial charge in [0, 0.05) is 4.47 Å². The van der Waals surface area contributed by atoms with Crippen molar-refractivity contribution < 1.29 is 4.79 Å². The minimum atomic E-state index is -0.777. The third-order valence-corrected chi connectivity index (χ3v) is 5.58. The van der Waals surface area contributed by atoms with Gasteiger partial charge in [-0.2, -0.15) is 5.26 Å². The van der Waals surface area contributed by atoms with Crippen molar-refractivity contribution in [1.29, 1.82) is 5.26 Å². The van der Waals surface area contributed by atoms with Crippen LogP contribution in [0.2, 0.25) is 0 Å². The fraction of sp³-hybridized carbons (Fsp3) is 0.143. The van der Waals surface area contributed by atoms with Crippen molar-refractivity contribution >= 4 is 49.0 Å². The quantitative estimate of drug-likeness (QED) is 0.677. The second kappa shape index (κ2) is 6.00.